The first-order chi connectivity index (χ1) is 13.1. The van der Waals surface area contributed by atoms with Crippen LogP contribution in [0.1, 0.15) is 31.0 Å². The minimum Gasteiger partial charge on any atom is -0.496 e. The van der Waals surface area contributed by atoms with Crippen LogP contribution in [0.4, 0.5) is 0 Å². The van der Waals surface area contributed by atoms with Crippen LogP contribution in [0.2, 0.25) is 0 Å². The molecule has 1 N–H and O–H groups in total. The van der Waals surface area contributed by atoms with Crippen molar-refractivity contribution < 1.29 is 19.0 Å². The van der Waals surface area contributed by atoms with E-state index < -0.39 is 0 Å². The Labute approximate surface area is 160 Å². The second-order valence-corrected chi connectivity index (χ2v) is 6.52. The fourth-order valence-corrected chi connectivity index (χ4v) is 3.17. The van der Waals surface area contributed by atoms with E-state index in [0.717, 1.165) is 34.9 Å². The highest BCUT2D eigenvalue weighted by molar-refractivity contribution is 5.78. The second-order valence-electron chi connectivity index (χ2n) is 6.52. The molecule has 2 aromatic carbocycles. The van der Waals surface area contributed by atoms with Gasteiger partial charge in [0, 0.05) is 12.1 Å². The van der Waals surface area contributed by atoms with Crippen LogP contribution < -0.4 is 19.5 Å². The van der Waals surface area contributed by atoms with E-state index in [1.807, 2.05) is 56.3 Å². The van der Waals surface area contributed by atoms with E-state index in [-0.39, 0.29) is 18.7 Å². The van der Waals surface area contributed by atoms with Crippen LogP contribution in [-0.4, -0.2) is 37.8 Å². The lowest BCUT2D eigenvalue weighted by Gasteiger charge is -2.22. The number of carbonyl (C=O) groups is 1. The number of nitrogens with one attached hydrogen (secondary N) is 1. The average Bonchev–Trinajstić information content (AvgIpc) is 3.15. The fourth-order valence-electron chi connectivity index (χ4n) is 3.17. The van der Waals surface area contributed by atoms with Gasteiger partial charge >= 0.3 is 0 Å². The molecule has 0 bridgehead atoms. The first kappa shape index (κ1) is 19.0. The van der Waals surface area contributed by atoms with Crippen LogP contribution in [-0.2, 0) is 11.3 Å². The number of fused-ring (bicyclic) bond motifs is 1. The predicted molar refractivity (Wildman–Crippen MR) is 103 cm³/mol. The highest BCUT2D eigenvalue weighted by Gasteiger charge is 2.17. The van der Waals surface area contributed by atoms with Gasteiger partial charge in [0.1, 0.15) is 5.75 Å². The zero-order valence-electron chi connectivity index (χ0n) is 16.0. The summed E-state index contributed by atoms with van der Waals surface area (Å²) in [7, 11) is 1.64. The van der Waals surface area contributed by atoms with Gasteiger partial charge in [0.15, 0.2) is 11.5 Å². The molecule has 0 spiro atoms. The standard InChI is InChI=1S/C21H26N2O4/c1-4-23(12-16-9-10-19-20(11-16)27-14-26-19)13-21(24)22-15(2)17-7-5-6-8-18(17)25-3/h5-11,15H,4,12-14H2,1-3H3,(H,22,24). The number of hydrogen-bond acceptors (Lipinski definition) is 5. The third kappa shape index (κ3) is 4.71. The molecule has 6 nitrogen and oxygen atoms in total. The van der Waals surface area contributed by atoms with Crippen molar-refractivity contribution in [3.05, 3.63) is 53.6 Å². The molecular formula is C21H26N2O4. The molecule has 1 atom stereocenters. The van der Waals surface area contributed by atoms with Gasteiger partial charge in [0.05, 0.1) is 19.7 Å². The van der Waals surface area contributed by atoms with Crippen LogP contribution in [0.15, 0.2) is 42.5 Å². The summed E-state index contributed by atoms with van der Waals surface area (Å²) in [6.07, 6.45) is 0. The molecule has 0 saturated heterocycles. The molecular weight excluding hydrogens is 344 g/mol. The minimum atomic E-state index is -0.127. The number of hydrogen-bond donors (Lipinski definition) is 1. The molecule has 3 rings (SSSR count). The maximum atomic E-state index is 12.5. The highest BCUT2D eigenvalue weighted by atomic mass is 16.7. The van der Waals surface area contributed by atoms with Gasteiger partial charge in [-0.1, -0.05) is 31.2 Å². The number of para-hydroxylation sites is 1. The van der Waals surface area contributed by atoms with Crippen LogP contribution >= 0.6 is 0 Å². The Kier molecular flexibility index (Phi) is 6.19. The summed E-state index contributed by atoms with van der Waals surface area (Å²) in [5, 5.41) is 3.06. The van der Waals surface area contributed by atoms with E-state index >= 15 is 0 Å². The second kappa shape index (κ2) is 8.77. The van der Waals surface area contributed by atoms with Gasteiger partial charge in [-0.05, 0) is 37.2 Å². The summed E-state index contributed by atoms with van der Waals surface area (Å²) in [4.78, 5) is 14.6. The summed E-state index contributed by atoms with van der Waals surface area (Å²) in [5.41, 5.74) is 2.05. The highest BCUT2D eigenvalue weighted by Crippen LogP contribution is 2.32. The fraction of sp³-hybridized carbons (Fsp3) is 0.381. The Morgan fingerprint density at radius 2 is 2.00 bits per heavy atom. The number of carbonyl (C=O) groups excluding carboxylic acids is 1. The molecule has 0 fully saturated rings. The molecule has 1 aliphatic rings. The summed E-state index contributed by atoms with van der Waals surface area (Å²) in [5.74, 6) is 2.29. The van der Waals surface area contributed by atoms with E-state index in [0.29, 0.717) is 13.1 Å². The summed E-state index contributed by atoms with van der Waals surface area (Å²) in [6.45, 7) is 6.03. The van der Waals surface area contributed by atoms with Crippen LogP contribution in [0.3, 0.4) is 0 Å². The zero-order chi connectivity index (χ0) is 19.2. The van der Waals surface area contributed by atoms with E-state index in [4.69, 9.17) is 14.2 Å². The SMILES string of the molecule is CCN(CC(=O)NC(C)c1ccccc1OC)Cc1ccc2c(c1)OCO2. The molecule has 1 aliphatic heterocycles. The molecule has 144 valence electrons. The minimum absolute atomic E-state index is 0.0176. The van der Waals surface area contributed by atoms with E-state index in [1.54, 1.807) is 7.11 Å². The molecule has 0 aliphatic carbocycles. The number of likely N-dealkylation sites (N-methyl/N-ethyl adjacent to an activating group) is 1. The Hall–Kier alpha value is -2.73. The molecule has 1 amide bonds. The number of benzene rings is 2. The van der Waals surface area contributed by atoms with Gasteiger partial charge in [0.25, 0.3) is 0 Å². The smallest absolute Gasteiger partial charge is 0.234 e. The molecule has 0 aromatic heterocycles. The van der Waals surface area contributed by atoms with Crippen molar-refractivity contribution in [1.29, 1.82) is 0 Å². The maximum absolute atomic E-state index is 12.5. The Morgan fingerprint density at radius 3 is 2.78 bits per heavy atom. The monoisotopic (exact) mass is 370 g/mol. The summed E-state index contributed by atoms with van der Waals surface area (Å²) in [6, 6.07) is 13.5. The van der Waals surface area contributed by atoms with Gasteiger partial charge in [-0.25, -0.2) is 0 Å². The lowest BCUT2D eigenvalue weighted by Crippen LogP contribution is -2.38. The Bertz CT molecular complexity index is 794. The number of rotatable bonds is 8. The van der Waals surface area contributed by atoms with Crippen molar-refractivity contribution in [2.24, 2.45) is 0 Å². The van der Waals surface area contributed by atoms with Crippen molar-refractivity contribution in [2.75, 3.05) is 27.0 Å². The van der Waals surface area contributed by atoms with Gasteiger partial charge in [-0.15, -0.1) is 0 Å². The maximum Gasteiger partial charge on any atom is 0.234 e. The number of nitrogens with zero attached hydrogens (tertiary/aromatic N) is 1. The van der Waals surface area contributed by atoms with Gasteiger partial charge < -0.3 is 19.5 Å². The molecule has 0 saturated carbocycles. The van der Waals surface area contributed by atoms with Crippen LogP contribution in [0.5, 0.6) is 17.2 Å². The van der Waals surface area contributed by atoms with Crippen molar-refractivity contribution in [2.45, 2.75) is 26.4 Å². The van der Waals surface area contributed by atoms with Crippen LogP contribution in [0.25, 0.3) is 0 Å². The quantitative estimate of drug-likeness (QED) is 0.774. The normalized spacial score (nSPS) is 13.5. The molecule has 6 heteroatoms. The number of ether oxygens (including phenoxy) is 3. The third-order valence-corrected chi connectivity index (χ3v) is 4.64. The molecule has 27 heavy (non-hydrogen) atoms. The lowest BCUT2D eigenvalue weighted by atomic mass is 10.1. The van der Waals surface area contributed by atoms with Crippen molar-refractivity contribution in [3.8, 4) is 17.2 Å². The van der Waals surface area contributed by atoms with Crippen molar-refractivity contribution >= 4 is 5.91 Å². The third-order valence-electron chi connectivity index (χ3n) is 4.64. The molecule has 2 aromatic rings. The molecule has 1 unspecified atom stereocenters. The topological polar surface area (TPSA) is 60.0 Å². The first-order valence-corrected chi connectivity index (χ1v) is 9.14. The Morgan fingerprint density at radius 1 is 1.22 bits per heavy atom. The lowest BCUT2D eigenvalue weighted by molar-refractivity contribution is -0.123. The van der Waals surface area contributed by atoms with E-state index in [1.165, 1.54) is 0 Å². The number of amides is 1. The number of methoxy groups -OCH3 is 1. The van der Waals surface area contributed by atoms with Gasteiger partial charge in [0.2, 0.25) is 12.7 Å². The predicted octanol–water partition coefficient (Wildman–Crippen LogP) is 3.12. The average molecular weight is 370 g/mol. The van der Waals surface area contributed by atoms with E-state index in [9.17, 15) is 4.79 Å². The molecule has 0 radical (unpaired) electrons. The van der Waals surface area contributed by atoms with Crippen molar-refractivity contribution in [3.63, 3.8) is 0 Å². The van der Waals surface area contributed by atoms with Gasteiger partial charge in [-0.3, -0.25) is 9.69 Å². The first-order valence-electron chi connectivity index (χ1n) is 9.14. The molecule has 1 heterocycles. The van der Waals surface area contributed by atoms with Gasteiger partial charge in [-0.2, -0.15) is 0 Å². The van der Waals surface area contributed by atoms with Crippen LogP contribution in [0, 0.1) is 0 Å². The largest absolute Gasteiger partial charge is 0.496 e. The zero-order valence-corrected chi connectivity index (χ0v) is 16.0. The summed E-state index contributed by atoms with van der Waals surface area (Å²) >= 11 is 0. The van der Waals surface area contributed by atoms with E-state index in [2.05, 4.69) is 10.2 Å². The van der Waals surface area contributed by atoms with Crippen molar-refractivity contribution in [1.82, 2.24) is 10.2 Å². The Balaban J connectivity index is 1.58. The summed E-state index contributed by atoms with van der Waals surface area (Å²) < 4.78 is 16.2.